The molecule has 24 heavy (non-hydrogen) atoms. The van der Waals surface area contributed by atoms with Crippen LogP contribution >= 0.6 is 0 Å². The Balaban J connectivity index is 1.47. The summed E-state index contributed by atoms with van der Waals surface area (Å²) in [4.78, 5) is 2.45. The van der Waals surface area contributed by atoms with Gasteiger partial charge in [-0.25, -0.2) is 12.7 Å². The third-order valence-electron chi connectivity index (χ3n) is 6.18. The number of nitrogens with zero attached hydrogens (tertiary/aromatic N) is 2. The molecule has 2 aliphatic heterocycles. The zero-order valence-electron chi connectivity index (χ0n) is 14.5. The molecule has 2 heterocycles. The Morgan fingerprint density at radius 2 is 1.75 bits per heavy atom. The fourth-order valence-electron chi connectivity index (χ4n) is 4.77. The molecule has 0 unspecified atom stereocenters. The Morgan fingerprint density at radius 3 is 2.38 bits per heavy atom. The summed E-state index contributed by atoms with van der Waals surface area (Å²) in [6, 6.07) is 10.8. The monoisotopic (exact) mass is 348 g/mol. The van der Waals surface area contributed by atoms with Gasteiger partial charge >= 0.3 is 0 Å². The molecule has 0 radical (unpaired) electrons. The molecule has 1 atom stereocenters. The van der Waals surface area contributed by atoms with Gasteiger partial charge in [0.25, 0.3) is 0 Å². The van der Waals surface area contributed by atoms with Gasteiger partial charge in [-0.1, -0.05) is 30.3 Å². The topological polar surface area (TPSA) is 40.6 Å². The van der Waals surface area contributed by atoms with E-state index in [2.05, 4.69) is 42.3 Å². The standard InChI is InChI=1S/C19H28N2O2S/c1-20-14-17(16-5-3-2-4-6-16)13-19(15-20)9-11-21(12-10-19)24(22,23)18-7-8-18/h2-6,17-18H,7-15H2,1H3/t17-/m1/s1. The summed E-state index contributed by atoms with van der Waals surface area (Å²) in [5, 5.41) is -0.0716. The van der Waals surface area contributed by atoms with Crippen molar-refractivity contribution in [2.24, 2.45) is 5.41 Å². The van der Waals surface area contributed by atoms with Gasteiger partial charge in [0.15, 0.2) is 0 Å². The molecule has 0 bridgehead atoms. The van der Waals surface area contributed by atoms with Crippen molar-refractivity contribution in [1.82, 2.24) is 9.21 Å². The Labute approximate surface area is 145 Å². The summed E-state index contributed by atoms with van der Waals surface area (Å²) < 4.78 is 26.7. The molecule has 2 saturated heterocycles. The molecule has 0 amide bonds. The average molecular weight is 349 g/mol. The smallest absolute Gasteiger partial charge is 0.216 e. The van der Waals surface area contributed by atoms with Crippen molar-refractivity contribution in [3.05, 3.63) is 35.9 Å². The van der Waals surface area contributed by atoms with E-state index < -0.39 is 10.0 Å². The lowest BCUT2D eigenvalue weighted by Gasteiger charge is -2.49. The highest BCUT2D eigenvalue weighted by Crippen LogP contribution is 2.45. The number of rotatable bonds is 3. The SMILES string of the molecule is CN1C[C@H](c2ccccc2)CC2(CCN(S(=O)(=O)C3CC3)CC2)C1. The molecule has 1 aromatic carbocycles. The van der Waals surface area contributed by atoms with Crippen LogP contribution in [-0.2, 0) is 10.0 Å². The molecule has 1 spiro atoms. The summed E-state index contributed by atoms with van der Waals surface area (Å²) in [5.41, 5.74) is 1.71. The number of hydrogen-bond donors (Lipinski definition) is 0. The van der Waals surface area contributed by atoms with E-state index >= 15 is 0 Å². The van der Waals surface area contributed by atoms with Gasteiger partial charge in [0.2, 0.25) is 10.0 Å². The number of hydrogen-bond acceptors (Lipinski definition) is 3. The number of piperidine rings is 2. The van der Waals surface area contributed by atoms with Crippen LogP contribution in [0.3, 0.4) is 0 Å². The first-order valence-corrected chi connectivity index (χ1v) is 10.7. The molecule has 3 fully saturated rings. The molecule has 1 aliphatic carbocycles. The van der Waals surface area contributed by atoms with E-state index in [0.717, 1.165) is 38.8 Å². The summed E-state index contributed by atoms with van der Waals surface area (Å²) in [6.07, 6.45) is 4.93. The number of benzene rings is 1. The van der Waals surface area contributed by atoms with Crippen molar-refractivity contribution in [3.63, 3.8) is 0 Å². The lowest BCUT2D eigenvalue weighted by atomic mass is 9.68. The Bertz CT molecular complexity index is 677. The van der Waals surface area contributed by atoms with Crippen LogP contribution in [0.4, 0.5) is 0 Å². The third-order valence-corrected chi connectivity index (χ3v) is 8.58. The number of likely N-dealkylation sites (tertiary alicyclic amines) is 1. The highest BCUT2D eigenvalue weighted by Gasteiger charge is 2.46. The molecule has 3 aliphatic rings. The number of sulfonamides is 1. The minimum Gasteiger partial charge on any atom is -0.305 e. The first-order chi connectivity index (χ1) is 11.5. The van der Waals surface area contributed by atoms with Crippen LogP contribution in [0.15, 0.2) is 30.3 Å². The van der Waals surface area contributed by atoms with E-state index in [9.17, 15) is 8.42 Å². The van der Waals surface area contributed by atoms with Gasteiger partial charge in [-0.05, 0) is 56.0 Å². The highest BCUT2D eigenvalue weighted by atomic mass is 32.2. The molecule has 0 N–H and O–H groups in total. The molecule has 132 valence electrons. The molecule has 1 aromatic rings. The molecule has 4 nitrogen and oxygen atoms in total. The second-order valence-corrected chi connectivity index (χ2v) is 10.4. The predicted octanol–water partition coefficient (Wildman–Crippen LogP) is 2.68. The Kier molecular flexibility index (Phi) is 4.22. The molecular formula is C19H28N2O2S. The predicted molar refractivity (Wildman–Crippen MR) is 96.5 cm³/mol. The lowest BCUT2D eigenvalue weighted by molar-refractivity contribution is 0.0441. The van der Waals surface area contributed by atoms with Gasteiger partial charge in [-0.2, -0.15) is 0 Å². The molecule has 4 rings (SSSR count). The summed E-state index contributed by atoms with van der Waals surface area (Å²) in [7, 11) is -0.791. The van der Waals surface area contributed by atoms with Gasteiger partial charge < -0.3 is 4.90 Å². The van der Waals surface area contributed by atoms with Crippen LogP contribution in [-0.4, -0.2) is 56.1 Å². The van der Waals surface area contributed by atoms with E-state index in [4.69, 9.17) is 0 Å². The fourth-order valence-corrected chi connectivity index (χ4v) is 6.61. The maximum absolute atomic E-state index is 12.5. The summed E-state index contributed by atoms with van der Waals surface area (Å²) in [6.45, 7) is 3.64. The first kappa shape index (κ1) is 16.6. The summed E-state index contributed by atoms with van der Waals surface area (Å²) in [5.74, 6) is 0.566. The van der Waals surface area contributed by atoms with Crippen molar-refractivity contribution < 1.29 is 8.42 Å². The highest BCUT2D eigenvalue weighted by molar-refractivity contribution is 7.90. The zero-order valence-corrected chi connectivity index (χ0v) is 15.3. The van der Waals surface area contributed by atoms with Crippen LogP contribution in [0.2, 0.25) is 0 Å². The lowest BCUT2D eigenvalue weighted by Crippen LogP contribution is -2.51. The Hall–Kier alpha value is -0.910. The largest absolute Gasteiger partial charge is 0.305 e. The first-order valence-electron chi connectivity index (χ1n) is 9.21. The van der Waals surface area contributed by atoms with Gasteiger partial charge in [-0.15, -0.1) is 0 Å². The van der Waals surface area contributed by atoms with Crippen molar-refractivity contribution in [3.8, 4) is 0 Å². The van der Waals surface area contributed by atoms with Crippen LogP contribution in [0, 0.1) is 5.41 Å². The van der Waals surface area contributed by atoms with Crippen molar-refractivity contribution >= 4 is 10.0 Å². The van der Waals surface area contributed by atoms with Crippen molar-refractivity contribution in [2.75, 3.05) is 33.2 Å². The second kappa shape index (κ2) is 6.11. The molecule has 5 heteroatoms. The molecule has 0 aromatic heterocycles. The van der Waals surface area contributed by atoms with E-state index in [1.807, 2.05) is 0 Å². The molecule has 1 saturated carbocycles. The van der Waals surface area contributed by atoms with Crippen molar-refractivity contribution in [2.45, 2.75) is 43.3 Å². The van der Waals surface area contributed by atoms with Gasteiger partial charge in [0.1, 0.15) is 0 Å². The van der Waals surface area contributed by atoms with Crippen LogP contribution in [0.25, 0.3) is 0 Å². The Morgan fingerprint density at radius 1 is 1.08 bits per heavy atom. The van der Waals surface area contributed by atoms with E-state index in [-0.39, 0.29) is 10.7 Å². The number of likely N-dealkylation sites (N-methyl/N-ethyl adjacent to an activating group) is 1. The minimum atomic E-state index is -3.00. The maximum atomic E-state index is 12.5. The van der Waals surface area contributed by atoms with E-state index in [1.54, 1.807) is 4.31 Å². The minimum absolute atomic E-state index is 0.0716. The maximum Gasteiger partial charge on any atom is 0.216 e. The van der Waals surface area contributed by atoms with Crippen molar-refractivity contribution in [1.29, 1.82) is 0 Å². The van der Waals surface area contributed by atoms with E-state index in [0.29, 0.717) is 19.0 Å². The summed E-state index contributed by atoms with van der Waals surface area (Å²) >= 11 is 0. The van der Waals surface area contributed by atoms with Crippen LogP contribution in [0.1, 0.15) is 43.6 Å². The normalized spacial score (nSPS) is 29.0. The van der Waals surface area contributed by atoms with Crippen LogP contribution in [0.5, 0.6) is 0 Å². The fraction of sp³-hybridized carbons (Fsp3) is 0.684. The third kappa shape index (κ3) is 3.14. The second-order valence-electron chi connectivity index (χ2n) is 8.15. The van der Waals surface area contributed by atoms with Gasteiger partial charge in [0, 0.05) is 26.2 Å². The average Bonchev–Trinajstić information content (AvgIpc) is 3.41. The zero-order chi connectivity index (χ0) is 16.8. The van der Waals surface area contributed by atoms with E-state index in [1.165, 1.54) is 12.0 Å². The quantitative estimate of drug-likeness (QED) is 0.843. The van der Waals surface area contributed by atoms with Crippen LogP contribution < -0.4 is 0 Å². The van der Waals surface area contributed by atoms with Gasteiger partial charge in [-0.3, -0.25) is 0 Å². The van der Waals surface area contributed by atoms with Gasteiger partial charge in [0.05, 0.1) is 5.25 Å². The molecular weight excluding hydrogens is 320 g/mol.